The van der Waals surface area contributed by atoms with E-state index in [-0.39, 0.29) is 11.5 Å². The molecule has 0 aromatic carbocycles. The zero-order valence-corrected chi connectivity index (χ0v) is 14.4. The predicted molar refractivity (Wildman–Crippen MR) is 79.4 cm³/mol. The van der Waals surface area contributed by atoms with Crippen molar-refractivity contribution in [3.63, 3.8) is 0 Å². The number of amides is 2. The average molecular weight is 334 g/mol. The Morgan fingerprint density at radius 3 is 2.09 bits per heavy atom. The van der Waals surface area contributed by atoms with E-state index in [4.69, 9.17) is 0 Å². The van der Waals surface area contributed by atoms with Crippen LogP contribution >= 0.6 is 0 Å². The second-order valence-corrected chi connectivity index (χ2v) is 8.46. The lowest BCUT2D eigenvalue weighted by Crippen LogP contribution is -2.58. The highest BCUT2D eigenvalue weighted by Crippen LogP contribution is 2.64. The SMILES string of the molecule is C[C@@H]1[C@@H]2[C@H](CN1C(=O)C(NC(=O)C(F)(F)F)C(C)(C)C)C2(C)C. The maximum atomic E-state index is 12.8. The molecule has 2 amide bonds. The van der Waals surface area contributed by atoms with E-state index < -0.39 is 29.4 Å². The molecule has 23 heavy (non-hydrogen) atoms. The van der Waals surface area contributed by atoms with Gasteiger partial charge in [0.15, 0.2) is 0 Å². The molecular weight excluding hydrogens is 309 g/mol. The predicted octanol–water partition coefficient (Wildman–Crippen LogP) is 2.58. The smallest absolute Gasteiger partial charge is 0.338 e. The zero-order valence-electron chi connectivity index (χ0n) is 14.4. The highest BCUT2D eigenvalue weighted by Gasteiger charge is 2.66. The minimum atomic E-state index is -5.00. The number of rotatable bonds is 2. The number of fused-ring (bicyclic) bond motifs is 1. The van der Waals surface area contributed by atoms with Crippen molar-refractivity contribution in [2.45, 2.75) is 59.8 Å². The van der Waals surface area contributed by atoms with Crippen molar-refractivity contribution < 1.29 is 22.8 Å². The van der Waals surface area contributed by atoms with Crippen LogP contribution in [0, 0.1) is 22.7 Å². The molecule has 132 valence electrons. The molecule has 7 heteroatoms. The number of nitrogens with zero attached hydrogens (tertiary/aromatic N) is 1. The first-order valence-electron chi connectivity index (χ1n) is 7.87. The first-order chi connectivity index (χ1) is 10.2. The standard InChI is InChI=1S/C16H25F3N2O2/c1-8-10-9(15(10,5)6)7-21(8)12(22)11(14(2,3)4)20-13(23)16(17,18)19/h8-11H,7H2,1-6H3,(H,20,23)/t8-,9+,10-,11?/m1/s1. The minimum absolute atomic E-state index is 0.0184. The number of carbonyl (C=O) groups is 2. The molecule has 0 spiro atoms. The van der Waals surface area contributed by atoms with Crippen molar-refractivity contribution >= 4 is 11.8 Å². The van der Waals surface area contributed by atoms with Gasteiger partial charge in [-0.1, -0.05) is 34.6 Å². The second-order valence-electron chi connectivity index (χ2n) is 8.46. The first kappa shape index (κ1) is 18.1. The minimum Gasteiger partial charge on any atom is -0.338 e. The lowest BCUT2D eigenvalue weighted by molar-refractivity contribution is -0.176. The summed E-state index contributed by atoms with van der Waals surface area (Å²) in [6.07, 6.45) is -5.00. The first-order valence-corrected chi connectivity index (χ1v) is 7.87. The number of alkyl halides is 3. The van der Waals surface area contributed by atoms with Crippen molar-refractivity contribution in [3.8, 4) is 0 Å². The molecule has 1 saturated heterocycles. The Morgan fingerprint density at radius 2 is 1.74 bits per heavy atom. The average Bonchev–Trinajstić information content (AvgIpc) is 2.71. The molecule has 1 saturated carbocycles. The fourth-order valence-electron chi connectivity index (χ4n) is 3.98. The molecule has 1 heterocycles. The quantitative estimate of drug-likeness (QED) is 0.844. The van der Waals surface area contributed by atoms with E-state index in [0.29, 0.717) is 18.4 Å². The Balaban J connectivity index is 2.15. The second kappa shape index (κ2) is 5.11. The van der Waals surface area contributed by atoms with Gasteiger partial charge < -0.3 is 10.2 Å². The van der Waals surface area contributed by atoms with Gasteiger partial charge in [-0.15, -0.1) is 0 Å². The van der Waals surface area contributed by atoms with Crippen LogP contribution in [0.1, 0.15) is 41.5 Å². The third-order valence-electron chi connectivity index (χ3n) is 5.47. The number of likely N-dealkylation sites (tertiary alicyclic amines) is 1. The van der Waals surface area contributed by atoms with Crippen LogP contribution in [-0.4, -0.2) is 41.5 Å². The molecule has 2 aliphatic rings. The summed E-state index contributed by atoms with van der Waals surface area (Å²) < 4.78 is 37.6. The molecule has 0 aromatic heterocycles. The molecule has 1 aliphatic heterocycles. The Kier molecular flexibility index (Phi) is 4.02. The summed E-state index contributed by atoms with van der Waals surface area (Å²) in [6.45, 7) is 11.7. The van der Waals surface area contributed by atoms with Crippen LogP contribution < -0.4 is 5.32 Å². The summed E-state index contributed by atoms with van der Waals surface area (Å²) in [5.41, 5.74) is -0.622. The Labute approximate surface area is 134 Å². The maximum Gasteiger partial charge on any atom is 0.471 e. The highest BCUT2D eigenvalue weighted by atomic mass is 19.4. The molecule has 1 aliphatic carbocycles. The van der Waals surface area contributed by atoms with Crippen molar-refractivity contribution in [1.29, 1.82) is 0 Å². The lowest BCUT2D eigenvalue weighted by atomic mass is 9.85. The monoisotopic (exact) mass is 334 g/mol. The highest BCUT2D eigenvalue weighted by molar-refractivity contribution is 5.90. The topological polar surface area (TPSA) is 49.4 Å². The van der Waals surface area contributed by atoms with E-state index in [9.17, 15) is 22.8 Å². The van der Waals surface area contributed by atoms with E-state index in [0.717, 1.165) is 0 Å². The van der Waals surface area contributed by atoms with Gasteiger partial charge >= 0.3 is 12.1 Å². The number of nitrogens with one attached hydrogen (secondary N) is 1. The third-order valence-corrected chi connectivity index (χ3v) is 5.47. The van der Waals surface area contributed by atoms with Crippen LogP contribution in [0.15, 0.2) is 0 Å². The van der Waals surface area contributed by atoms with Crippen LogP contribution in [-0.2, 0) is 9.59 Å². The van der Waals surface area contributed by atoms with Crippen LogP contribution in [0.4, 0.5) is 13.2 Å². The Hall–Kier alpha value is -1.27. The Bertz CT molecular complexity index is 522. The number of halogens is 3. The summed E-state index contributed by atoms with van der Waals surface area (Å²) in [6, 6.07) is -1.21. The molecule has 1 unspecified atom stereocenters. The molecule has 4 atom stereocenters. The summed E-state index contributed by atoms with van der Waals surface area (Å²) >= 11 is 0. The molecular formula is C16H25F3N2O2. The van der Waals surface area contributed by atoms with Crippen LogP contribution in [0.3, 0.4) is 0 Å². The molecule has 4 nitrogen and oxygen atoms in total. The fraction of sp³-hybridized carbons (Fsp3) is 0.875. The van der Waals surface area contributed by atoms with Gasteiger partial charge in [0.05, 0.1) is 0 Å². The van der Waals surface area contributed by atoms with Crippen molar-refractivity contribution in [2.75, 3.05) is 6.54 Å². The van der Waals surface area contributed by atoms with E-state index in [1.54, 1.807) is 25.7 Å². The van der Waals surface area contributed by atoms with Gasteiger partial charge in [-0.2, -0.15) is 13.2 Å². The van der Waals surface area contributed by atoms with E-state index in [1.807, 2.05) is 12.2 Å². The third kappa shape index (κ3) is 3.06. The van der Waals surface area contributed by atoms with Gasteiger partial charge in [0.25, 0.3) is 0 Å². The zero-order chi connectivity index (χ0) is 18.0. The van der Waals surface area contributed by atoms with Crippen LogP contribution in [0.25, 0.3) is 0 Å². The van der Waals surface area contributed by atoms with Gasteiger partial charge in [-0.3, -0.25) is 9.59 Å². The van der Waals surface area contributed by atoms with Gasteiger partial charge in [0, 0.05) is 12.6 Å². The van der Waals surface area contributed by atoms with Gasteiger partial charge in [0.2, 0.25) is 5.91 Å². The van der Waals surface area contributed by atoms with E-state index in [1.165, 1.54) is 0 Å². The number of hydrogen-bond acceptors (Lipinski definition) is 2. The van der Waals surface area contributed by atoms with E-state index >= 15 is 0 Å². The lowest BCUT2D eigenvalue weighted by Gasteiger charge is -2.37. The molecule has 2 rings (SSSR count). The van der Waals surface area contributed by atoms with Crippen LogP contribution in [0.2, 0.25) is 0 Å². The van der Waals surface area contributed by atoms with Crippen LogP contribution in [0.5, 0.6) is 0 Å². The molecule has 1 N–H and O–H groups in total. The van der Waals surface area contributed by atoms with Gasteiger partial charge in [-0.05, 0) is 29.6 Å². The van der Waals surface area contributed by atoms with Crippen molar-refractivity contribution in [3.05, 3.63) is 0 Å². The van der Waals surface area contributed by atoms with Gasteiger partial charge in [-0.25, -0.2) is 0 Å². The normalized spacial score (nSPS) is 30.7. The van der Waals surface area contributed by atoms with Crippen molar-refractivity contribution in [2.24, 2.45) is 22.7 Å². The molecule has 0 bridgehead atoms. The molecule has 0 aromatic rings. The fourth-order valence-corrected chi connectivity index (χ4v) is 3.98. The molecule has 2 fully saturated rings. The summed E-state index contributed by atoms with van der Waals surface area (Å²) in [7, 11) is 0. The van der Waals surface area contributed by atoms with Gasteiger partial charge in [0.1, 0.15) is 6.04 Å². The number of hydrogen-bond donors (Lipinski definition) is 1. The Morgan fingerprint density at radius 1 is 1.22 bits per heavy atom. The van der Waals surface area contributed by atoms with Crippen molar-refractivity contribution in [1.82, 2.24) is 10.2 Å². The summed E-state index contributed by atoms with van der Waals surface area (Å²) in [4.78, 5) is 25.7. The number of carbonyl (C=O) groups excluding carboxylic acids is 2. The maximum absolute atomic E-state index is 12.8. The molecule has 0 radical (unpaired) electrons. The summed E-state index contributed by atoms with van der Waals surface area (Å²) in [5, 5.41) is 1.89. The number of piperidine rings is 1. The summed E-state index contributed by atoms with van der Waals surface area (Å²) in [5.74, 6) is -1.72. The largest absolute Gasteiger partial charge is 0.471 e. The van der Waals surface area contributed by atoms with E-state index in [2.05, 4.69) is 13.8 Å².